The molecule has 0 fully saturated rings. The number of amides is 1. The number of benzene rings is 2. The highest BCUT2D eigenvalue weighted by Gasteiger charge is 2.17. The molecule has 12 heteroatoms. The van der Waals surface area contributed by atoms with E-state index in [9.17, 15) is 23.3 Å². The van der Waals surface area contributed by atoms with Gasteiger partial charge in [-0.2, -0.15) is 0 Å². The molecular weight excluding hydrogens is 445 g/mol. The van der Waals surface area contributed by atoms with E-state index in [1.165, 1.54) is 18.2 Å². The van der Waals surface area contributed by atoms with Crippen LogP contribution in [0.4, 0.5) is 5.69 Å². The van der Waals surface area contributed by atoms with Gasteiger partial charge >= 0.3 is 0 Å². The van der Waals surface area contributed by atoms with Gasteiger partial charge in [-0.15, -0.1) is 0 Å². The van der Waals surface area contributed by atoms with Crippen molar-refractivity contribution in [2.45, 2.75) is 11.3 Å². The first-order valence-electron chi connectivity index (χ1n) is 8.28. The summed E-state index contributed by atoms with van der Waals surface area (Å²) in [5.74, 6) is 0.00868. The van der Waals surface area contributed by atoms with Crippen LogP contribution in [0.15, 0.2) is 47.4 Å². The van der Waals surface area contributed by atoms with Gasteiger partial charge < -0.3 is 10.1 Å². The summed E-state index contributed by atoms with van der Waals surface area (Å²) >= 11 is 11.8. The summed E-state index contributed by atoms with van der Waals surface area (Å²) in [6.07, 6.45) is 0.0282. The van der Waals surface area contributed by atoms with Crippen LogP contribution in [0.1, 0.15) is 6.42 Å². The van der Waals surface area contributed by atoms with E-state index in [1.54, 1.807) is 18.2 Å². The van der Waals surface area contributed by atoms with Crippen LogP contribution in [-0.4, -0.2) is 38.9 Å². The molecule has 2 aromatic rings. The third-order valence-corrected chi connectivity index (χ3v) is 5.84. The van der Waals surface area contributed by atoms with Gasteiger partial charge in [0.1, 0.15) is 10.8 Å². The maximum atomic E-state index is 12.2. The minimum absolute atomic E-state index is 0.0282. The number of nitrogens with one attached hydrogen (secondary N) is 2. The molecule has 0 unspecified atom stereocenters. The van der Waals surface area contributed by atoms with E-state index in [0.717, 1.165) is 6.07 Å². The molecule has 9 nitrogen and oxygen atoms in total. The number of non-ortho nitro benzene ring substituents is 1. The molecule has 0 aliphatic rings. The average Bonchev–Trinajstić information content (AvgIpc) is 2.68. The van der Waals surface area contributed by atoms with Crippen molar-refractivity contribution < 1.29 is 22.9 Å². The number of nitrogens with zero attached hydrogens (tertiary/aromatic N) is 1. The second-order valence-electron chi connectivity index (χ2n) is 5.65. The van der Waals surface area contributed by atoms with Gasteiger partial charge in [-0.1, -0.05) is 35.3 Å². The number of nitro groups is 1. The van der Waals surface area contributed by atoms with E-state index in [-0.39, 0.29) is 47.6 Å². The molecule has 29 heavy (non-hydrogen) atoms. The van der Waals surface area contributed by atoms with Crippen LogP contribution in [0.2, 0.25) is 10.0 Å². The molecule has 0 saturated carbocycles. The van der Waals surface area contributed by atoms with Crippen molar-refractivity contribution >= 4 is 44.8 Å². The Labute approximate surface area is 177 Å². The number of sulfonamides is 1. The van der Waals surface area contributed by atoms with Gasteiger partial charge in [-0.05, 0) is 18.2 Å². The Bertz CT molecular complexity index is 1000. The van der Waals surface area contributed by atoms with Crippen molar-refractivity contribution in [3.63, 3.8) is 0 Å². The maximum Gasteiger partial charge on any atom is 0.270 e. The fraction of sp³-hybridized carbons (Fsp3) is 0.235. The number of carbonyl (C=O) groups excluding carboxylic acids is 1. The number of hydrogen-bond donors (Lipinski definition) is 2. The number of hydrogen-bond acceptors (Lipinski definition) is 6. The molecule has 0 heterocycles. The summed E-state index contributed by atoms with van der Waals surface area (Å²) in [4.78, 5) is 21.6. The Balaban J connectivity index is 1.74. The zero-order valence-electron chi connectivity index (χ0n) is 14.9. The van der Waals surface area contributed by atoms with Gasteiger partial charge in [-0.25, -0.2) is 13.1 Å². The molecule has 0 aliphatic carbocycles. The average molecular weight is 462 g/mol. The zero-order valence-corrected chi connectivity index (χ0v) is 17.3. The van der Waals surface area contributed by atoms with Crippen LogP contribution >= 0.6 is 23.2 Å². The van der Waals surface area contributed by atoms with Gasteiger partial charge in [0.15, 0.2) is 0 Å². The zero-order chi connectivity index (χ0) is 21.4. The highest BCUT2D eigenvalue weighted by atomic mass is 35.5. The first kappa shape index (κ1) is 22.9. The van der Waals surface area contributed by atoms with Gasteiger partial charge in [-0.3, -0.25) is 14.9 Å². The van der Waals surface area contributed by atoms with Crippen molar-refractivity contribution in [1.29, 1.82) is 0 Å². The van der Waals surface area contributed by atoms with Crippen LogP contribution in [0, 0.1) is 10.1 Å². The van der Waals surface area contributed by atoms with Crippen LogP contribution < -0.4 is 14.8 Å². The second-order valence-corrected chi connectivity index (χ2v) is 8.20. The Morgan fingerprint density at radius 2 is 1.86 bits per heavy atom. The number of halogens is 2. The Hall–Kier alpha value is -2.40. The molecule has 2 rings (SSSR count). The molecule has 0 aromatic heterocycles. The van der Waals surface area contributed by atoms with Crippen molar-refractivity contribution in [1.82, 2.24) is 10.0 Å². The SMILES string of the molecule is O=C(CCOc1cccc(Cl)c1Cl)NCCNS(=O)(=O)c1cccc([N+](=O)[O-])c1. The molecule has 0 radical (unpaired) electrons. The van der Waals surface area contributed by atoms with Gasteiger partial charge in [0.05, 0.1) is 27.9 Å². The van der Waals surface area contributed by atoms with E-state index in [2.05, 4.69) is 10.0 Å². The number of ether oxygens (including phenoxy) is 1. The Morgan fingerprint density at radius 1 is 1.14 bits per heavy atom. The molecule has 2 aromatic carbocycles. The molecule has 0 atom stereocenters. The quantitative estimate of drug-likeness (QED) is 0.318. The molecular formula is C17H17Cl2N3O6S. The summed E-state index contributed by atoms with van der Waals surface area (Å²) in [6, 6.07) is 9.56. The summed E-state index contributed by atoms with van der Waals surface area (Å²) in [5.41, 5.74) is -0.332. The van der Waals surface area contributed by atoms with Crippen molar-refractivity contribution in [3.05, 3.63) is 62.6 Å². The summed E-state index contributed by atoms with van der Waals surface area (Å²) in [7, 11) is -3.93. The molecule has 1 amide bonds. The van der Waals surface area contributed by atoms with Crippen LogP contribution in [-0.2, 0) is 14.8 Å². The first-order chi connectivity index (χ1) is 13.7. The van der Waals surface area contributed by atoms with Crippen LogP contribution in [0.3, 0.4) is 0 Å². The van der Waals surface area contributed by atoms with Crippen molar-refractivity contribution in [2.24, 2.45) is 0 Å². The monoisotopic (exact) mass is 461 g/mol. The molecule has 0 saturated heterocycles. The van der Waals surface area contributed by atoms with E-state index in [4.69, 9.17) is 27.9 Å². The molecule has 0 bridgehead atoms. The van der Waals surface area contributed by atoms with Gasteiger partial charge in [0.2, 0.25) is 15.9 Å². The Kier molecular flexibility index (Phi) is 8.21. The fourth-order valence-electron chi connectivity index (χ4n) is 2.17. The molecule has 2 N–H and O–H groups in total. The predicted octanol–water partition coefficient (Wildman–Crippen LogP) is 2.77. The lowest BCUT2D eigenvalue weighted by atomic mass is 10.3. The molecule has 0 aliphatic heterocycles. The topological polar surface area (TPSA) is 128 Å². The van der Waals surface area contributed by atoms with E-state index >= 15 is 0 Å². The standard InChI is InChI=1S/C17H17Cl2N3O6S/c18-14-5-2-6-15(17(14)19)28-10-7-16(23)20-8-9-21-29(26,27)13-4-1-3-12(11-13)22(24)25/h1-6,11,21H,7-10H2,(H,20,23). The minimum atomic E-state index is -3.93. The van der Waals surface area contributed by atoms with Crippen LogP contribution in [0.25, 0.3) is 0 Å². The lowest BCUT2D eigenvalue weighted by Gasteiger charge is -2.10. The summed E-state index contributed by atoms with van der Waals surface area (Å²) in [5, 5.41) is 13.9. The van der Waals surface area contributed by atoms with Crippen LogP contribution in [0.5, 0.6) is 5.75 Å². The number of nitro benzene ring substituents is 1. The number of rotatable bonds is 10. The summed E-state index contributed by atoms with van der Waals surface area (Å²) < 4.78 is 32.0. The maximum absolute atomic E-state index is 12.2. The van der Waals surface area contributed by atoms with E-state index < -0.39 is 14.9 Å². The van der Waals surface area contributed by atoms with Crippen molar-refractivity contribution in [3.8, 4) is 5.75 Å². The molecule has 0 spiro atoms. The smallest absolute Gasteiger partial charge is 0.270 e. The molecule has 156 valence electrons. The fourth-order valence-corrected chi connectivity index (χ4v) is 3.59. The number of carbonyl (C=O) groups is 1. The summed E-state index contributed by atoms with van der Waals surface area (Å²) in [6.45, 7) is 0.00790. The predicted molar refractivity (Wildman–Crippen MR) is 108 cm³/mol. The highest BCUT2D eigenvalue weighted by Crippen LogP contribution is 2.31. The van der Waals surface area contributed by atoms with E-state index in [1.807, 2.05) is 0 Å². The largest absolute Gasteiger partial charge is 0.491 e. The van der Waals surface area contributed by atoms with Crippen molar-refractivity contribution in [2.75, 3.05) is 19.7 Å². The lowest BCUT2D eigenvalue weighted by Crippen LogP contribution is -2.35. The van der Waals surface area contributed by atoms with Gasteiger partial charge in [0.25, 0.3) is 5.69 Å². The lowest BCUT2D eigenvalue weighted by molar-refractivity contribution is -0.385. The third-order valence-electron chi connectivity index (χ3n) is 3.58. The normalized spacial score (nSPS) is 11.1. The highest BCUT2D eigenvalue weighted by molar-refractivity contribution is 7.89. The van der Waals surface area contributed by atoms with E-state index in [0.29, 0.717) is 10.8 Å². The second kappa shape index (κ2) is 10.4. The minimum Gasteiger partial charge on any atom is -0.491 e. The first-order valence-corrected chi connectivity index (χ1v) is 10.5. The third kappa shape index (κ3) is 6.86. The Morgan fingerprint density at radius 3 is 2.59 bits per heavy atom. The van der Waals surface area contributed by atoms with Gasteiger partial charge in [0, 0.05) is 25.2 Å².